The number of ether oxygens (including phenoxy) is 3. The van der Waals surface area contributed by atoms with Gasteiger partial charge in [-0.25, -0.2) is 0 Å². The number of esters is 3. The maximum Gasteiger partial charge on any atom is 0.306 e. The van der Waals surface area contributed by atoms with E-state index in [4.69, 9.17) is 14.2 Å². The third-order valence-corrected chi connectivity index (χ3v) is 10.0. The lowest BCUT2D eigenvalue weighted by Gasteiger charge is -2.18. The Hall–Kier alpha value is -2.89. The Morgan fingerprint density at radius 3 is 1.14 bits per heavy atom. The van der Waals surface area contributed by atoms with Crippen molar-refractivity contribution in [1.29, 1.82) is 0 Å². The largest absolute Gasteiger partial charge is 0.462 e. The van der Waals surface area contributed by atoms with Crippen molar-refractivity contribution in [1.82, 2.24) is 0 Å². The molecule has 0 rings (SSSR count). The summed E-state index contributed by atoms with van der Waals surface area (Å²) in [6.45, 7) is 6.42. The van der Waals surface area contributed by atoms with Gasteiger partial charge in [0.05, 0.1) is 0 Å². The average Bonchev–Trinajstić information content (AvgIpc) is 3.21. The highest BCUT2D eigenvalue weighted by Gasteiger charge is 2.19. The third-order valence-electron chi connectivity index (χ3n) is 10.0. The second-order valence-corrected chi connectivity index (χ2v) is 15.6. The van der Waals surface area contributed by atoms with Crippen LogP contribution in [0.25, 0.3) is 0 Å². The molecule has 6 heteroatoms. The molecule has 0 aliphatic carbocycles. The molecule has 0 aliphatic heterocycles. The van der Waals surface area contributed by atoms with Gasteiger partial charge in [0.2, 0.25) is 0 Å². The smallest absolute Gasteiger partial charge is 0.306 e. The first-order valence-electron chi connectivity index (χ1n) is 23.8. The molecular weight excluding hydrogens is 709 g/mol. The summed E-state index contributed by atoms with van der Waals surface area (Å²) in [6, 6.07) is 0. The Balaban J connectivity index is 4.23. The van der Waals surface area contributed by atoms with E-state index in [-0.39, 0.29) is 31.1 Å². The Morgan fingerprint density at radius 2 is 0.702 bits per heavy atom. The number of hydrogen-bond donors (Lipinski definition) is 0. The second kappa shape index (κ2) is 45.8. The molecule has 0 saturated heterocycles. The lowest BCUT2D eigenvalue weighted by atomic mass is 10.1. The predicted octanol–water partition coefficient (Wildman–Crippen LogP) is 15.3. The summed E-state index contributed by atoms with van der Waals surface area (Å²) in [5.41, 5.74) is 0. The van der Waals surface area contributed by atoms with Gasteiger partial charge in [-0.1, -0.05) is 191 Å². The first-order chi connectivity index (χ1) is 28.0. The van der Waals surface area contributed by atoms with Crippen molar-refractivity contribution >= 4 is 17.9 Å². The third kappa shape index (κ3) is 44.1. The fraction of sp³-hybridized carbons (Fsp3) is 0.745. The van der Waals surface area contributed by atoms with Crippen LogP contribution in [0, 0.1) is 0 Å². The van der Waals surface area contributed by atoms with E-state index in [0.717, 1.165) is 103 Å². The Labute approximate surface area is 351 Å². The summed E-state index contributed by atoms with van der Waals surface area (Å²) in [6.07, 6.45) is 55.0. The highest BCUT2D eigenvalue weighted by molar-refractivity contribution is 5.71. The van der Waals surface area contributed by atoms with E-state index in [1.165, 1.54) is 83.5 Å². The van der Waals surface area contributed by atoms with Crippen LogP contribution in [0.1, 0.15) is 226 Å². The van der Waals surface area contributed by atoms with Gasteiger partial charge in [-0.15, -0.1) is 0 Å². The molecule has 1 atom stereocenters. The molecule has 6 nitrogen and oxygen atoms in total. The summed E-state index contributed by atoms with van der Waals surface area (Å²) in [4.78, 5) is 37.6. The fourth-order valence-electron chi connectivity index (χ4n) is 6.41. The van der Waals surface area contributed by atoms with Gasteiger partial charge in [0.15, 0.2) is 6.10 Å². The van der Waals surface area contributed by atoms with Crippen LogP contribution in [0.5, 0.6) is 0 Å². The summed E-state index contributed by atoms with van der Waals surface area (Å²) < 4.78 is 16.7. The van der Waals surface area contributed by atoms with Gasteiger partial charge in [0, 0.05) is 19.3 Å². The number of allylic oxidation sites excluding steroid dienone is 10. The van der Waals surface area contributed by atoms with Gasteiger partial charge < -0.3 is 14.2 Å². The van der Waals surface area contributed by atoms with Crippen LogP contribution in [-0.4, -0.2) is 37.2 Å². The first kappa shape index (κ1) is 54.1. The molecule has 0 aromatic heterocycles. The zero-order valence-corrected chi connectivity index (χ0v) is 37.3. The van der Waals surface area contributed by atoms with E-state index < -0.39 is 6.10 Å². The molecular formula is C51H88O6. The maximum absolute atomic E-state index is 12.7. The lowest BCUT2D eigenvalue weighted by Crippen LogP contribution is -2.30. The fourth-order valence-corrected chi connectivity index (χ4v) is 6.41. The van der Waals surface area contributed by atoms with Crippen LogP contribution in [-0.2, 0) is 28.6 Å². The molecule has 0 spiro atoms. The van der Waals surface area contributed by atoms with Crippen LogP contribution >= 0.6 is 0 Å². The number of hydrogen-bond acceptors (Lipinski definition) is 6. The number of carbonyl (C=O) groups is 3. The monoisotopic (exact) mass is 797 g/mol. The second-order valence-electron chi connectivity index (χ2n) is 15.6. The highest BCUT2D eigenvalue weighted by atomic mass is 16.6. The Bertz CT molecular complexity index is 1050. The molecule has 0 heterocycles. The van der Waals surface area contributed by atoms with Crippen LogP contribution in [0.3, 0.4) is 0 Å². The zero-order chi connectivity index (χ0) is 41.5. The standard InChI is InChI=1S/C51H88O6/c1-4-7-10-13-16-18-20-21-22-23-24-25-26-27-28-29-31-32-35-38-41-44-50(53)56-47-48(46-55-49(52)43-40-37-34-15-12-9-6-3)57-51(54)45-42-39-36-33-30-19-17-14-11-8-5-2/h7,10,14,16-18,21-22,24-25,48H,4-6,8-9,11-13,15,19-20,23,26-47H2,1-3H3/b10-7-,17-14-,18-16-,22-21-,25-24-. The first-order valence-corrected chi connectivity index (χ1v) is 23.8. The molecule has 328 valence electrons. The van der Waals surface area contributed by atoms with E-state index in [2.05, 4.69) is 81.5 Å². The molecule has 0 aromatic carbocycles. The zero-order valence-electron chi connectivity index (χ0n) is 37.3. The SMILES string of the molecule is CC/C=C\C/C=C\C/C=C\C/C=C\CCCCCCCCCCC(=O)OCC(COC(=O)CCCCCCCCC)OC(=O)CCCCCCC/C=C\CCCC. The van der Waals surface area contributed by atoms with Crippen LogP contribution in [0.15, 0.2) is 60.8 Å². The molecule has 1 unspecified atom stereocenters. The molecule has 0 saturated carbocycles. The van der Waals surface area contributed by atoms with Gasteiger partial charge in [-0.3, -0.25) is 14.4 Å². The van der Waals surface area contributed by atoms with Crippen molar-refractivity contribution < 1.29 is 28.6 Å². The van der Waals surface area contributed by atoms with E-state index in [9.17, 15) is 14.4 Å². The van der Waals surface area contributed by atoms with Crippen molar-refractivity contribution in [3.05, 3.63) is 60.8 Å². The van der Waals surface area contributed by atoms with Crippen molar-refractivity contribution in [3.63, 3.8) is 0 Å². The molecule has 0 N–H and O–H groups in total. The number of unbranched alkanes of at least 4 members (excludes halogenated alkanes) is 21. The van der Waals surface area contributed by atoms with Gasteiger partial charge in [-0.05, 0) is 77.0 Å². The summed E-state index contributed by atoms with van der Waals surface area (Å²) in [5.74, 6) is -0.906. The van der Waals surface area contributed by atoms with Crippen molar-refractivity contribution in [3.8, 4) is 0 Å². The minimum absolute atomic E-state index is 0.0798. The minimum atomic E-state index is -0.776. The van der Waals surface area contributed by atoms with Crippen molar-refractivity contribution in [2.45, 2.75) is 232 Å². The quantitative estimate of drug-likeness (QED) is 0.0265. The van der Waals surface area contributed by atoms with E-state index in [0.29, 0.717) is 19.3 Å². The minimum Gasteiger partial charge on any atom is -0.462 e. The Morgan fingerprint density at radius 1 is 0.368 bits per heavy atom. The molecule has 57 heavy (non-hydrogen) atoms. The molecule has 0 aromatic rings. The molecule has 0 bridgehead atoms. The summed E-state index contributed by atoms with van der Waals surface area (Å²) in [5, 5.41) is 0. The molecule has 0 aliphatic rings. The van der Waals surface area contributed by atoms with Crippen LogP contribution in [0.4, 0.5) is 0 Å². The van der Waals surface area contributed by atoms with E-state index in [1.54, 1.807) is 0 Å². The number of rotatable bonds is 42. The van der Waals surface area contributed by atoms with Gasteiger partial charge in [0.25, 0.3) is 0 Å². The van der Waals surface area contributed by atoms with Crippen molar-refractivity contribution in [2.24, 2.45) is 0 Å². The molecule has 0 amide bonds. The van der Waals surface area contributed by atoms with E-state index >= 15 is 0 Å². The van der Waals surface area contributed by atoms with Gasteiger partial charge in [-0.2, -0.15) is 0 Å². The molecule has 0 radical (unpaired) electrons. The Kier molecular flexibility index (Phi) is 43.5. The van der Waals surface area contributed by atoms with Crippen LogP contribution < -0.4 is 0 Å². The lowest BCUT2D eigenvalue weighted by molar-refractivity contribution is -0.167. The van der Waals surface area contributed by atoms with Crippen LogP contribution in [0.2, 0.25) is 0 Å². The maximum atomic E-state index is 12.7. The van der Waals surface area contributed by atoms with Gasteiger partial charge >= 0.3 is 17.9 Å². The molecule has 0 fully saturated rings. The summed E-state index contributed by atoms with van der Waals surface area (Å²) in [7, 11) is 0. The van der Waals surface area contributed by atoms with E-state index in [1.807, 2.05) is 0 Å². The highest BCUT2D eigenvalue weighted by Crippen LogP contribution is 2.14. The summed E-state index contributed by atoms with van der Waals surface area (Å²) >= 11 is 0. The normalized spacial score (nSPS) is 12.5. The predicted molar refractivity (Wildman–Crippen MR) is 242 cm³/mol. The average molecular weight is 797 g/mol. The number of carbonyl (C=O) groups excluding carboxylic acids is 3. The topological polar surface area (TPSA) is 78.9 Å². The van der Waals surface area contributed by atoms with Gasteiger partial charge in [0.1, 0.15) is 13.2 Å². The van der Waals surface area contributed by atoms with Crippen molar-refractivity contribution in [2.75, 3.05) is 13.2 Å².